The normalized spacial score (nSPS) is 12.8. The number of rotatable bonds is 10. The van der Waals surface area contributed by atoms with Crippen LogP contribution in [0.3, 0.4) is 0 Å². The van der Waals surface area contributed by atoms with Gasteiger partial charge in [-0.05, 0) is 51.3 Å². The van der Waals surface area contributed by atoms with Crippen molar-refractivity contribution in [1.29, 1.82) is 0 Å². The number of thioether (sulfide) groups is 1. The first-order valence-corrected chi connectivity index (χ1v) is 11.7. The number of benzene rings is 2. The van der Waals surface area contributed by atoms with Gasteiger partial charge in [-0.25, -0.2) is 0 Å². The quantitative estimate of drug-likeness (QED) is 0.537. The molecule has 0 saturated heterocycles. The summed E-state index contributed by atoms with van der Waals surface area (Å²) in [6.07, 6.45) is 1.44. The summed E-state index contributed by atoms with van der Waals surface area (Å²) in [5.41, 5.74) is 3.38. The topological polar surface area (TPSA) is 49.4 Å². The van der Waals surface area contributed by atoms with E-state index < -0.39 is 6.04 Å². The number of amides is 2. The number of carbonyl (C=O) groups excluding carboxylic acids is 2. The molecule has 2 rings (SSSR count). The van der Waals surface area contributed by atoms with Gasteiger partial charge in [-0.2, -0.15) is 0 Å². The van der Waals surface area contributed by atoms with Gasteiger partial charge in [0.25, 0.3) is 0 Å². The third-order valence-electron chi connectivity index (χ3n) is 5.21. The largest absolute Gasteiger partial charge is 0.352 e. The molecule has 0 unspecified atom stereocenters. The fraction of sp³-hybridized carbons (Fsp3) is 0.440. The van der Waals surface area contributed by atoms with Gasteiger partial charge >= 0.3 is 0 Å². The summed E-state index contributed by atoms with van der Waals surface area (Å²) in [5, 5.41) is 3.05. The molecule has 4 nitrogen and oxygen atoms in total. The maximum absolute atomic E-state index is 13.3. The average Bonchev–Trinajstić information content (AvgIpc) is 2.72. The minimum atomic E-state index is -0.481. The average molecular weight is 427 g/mol. The molecule has 0 aromatic heterocycles. The Balaban J connectivity index is 2.20. The molecule has 0 radical (unpaired) electrons. The first-order chi connectivity index (χ1) is 14.3. The second-order valence-electron chi connectivity index (χ2n) is 7.85. The number of carbonyl (C=O) groups is 2. The number of hydrogen-bond acceptors (Lipinski definition) is 3. The van der Waals surface area contributed by atoms with Crippen LogP contribution in [-0.4, -0.2) is 34.6 Å². The van der Waals surface area contributed by atoms with E-state index in [1.807, 2.05) is 77.1 Å². The van der Waals surface area contributed by atoms with Crippen LogP contribution in [0, 0.1) is 13.8 Å². The molecule has 0 spiro atoms. The Morgan fingerprint density at radius 1 is 1.00 bits per heavy atom. The minimum absolute atomic E-state index is 0.0202. The summed E-state index contributed by atoms with van der Waals surface area (Å²) in [6.45, 7) is 10.5. The molecule has 1 N–H and O–H groups in total. The van der Waals surface area contributed by atoms with E-state index in [1.165, 1.54) is 17.3 Å². The minimum Gasteiger partial charge on any atom is -0.352 e. The van der Waals surface area contributed by atoms with E-state index in [4.69, 9.17) is 0 Å². The van der Waals surface area contributed by atoms with Gasteiger partial charge in [0.05, 0.1) is 5.75 Å². The van der Waals surface area contributed by atoms with E-state index in [0.717, 1.165) is 22.4 Å². The van der Waals surface area contributed by atoms with Crippen LogP contribution in [0.1, 0.15) is 50.3 Å². The monoisotopic (exact) mass is 426 g/mol. The van der Waals surface area contributed by atoms with Crippen molar-refractivity contribution in [3.8, 4) is 0 Å². The first kappa shape index (κ1) is 24.0. The third-order valence-corrected chi connectivity index (χ3v) is 6.20. The van der Waals surface area contributed by atoms with Crippen molar-refractivity contribution < 1.29 is 9.59 Å². The molecule has 5 heteroatoms. The lowest BCUT2D eigenvalue weighted by Crippen LogP contribution is -2.51. The van der Waals surface area contributed by atoms with Crippen molar-refractivity contribution in [1.82, 2.24) is 10.2 Å². The number of aryl methyl sites for hydroxylation is 2. The molecule has 30 heavy (non-hydrogen) atoms. The Morgan fingerprint density at radius 2 is 1.70 bits per heavy atom. The highest BCUT2D eigenvalue weighted by Gasteiger charge is 2.29. The van der Waals surface area contributed by atoms with Crippen molar-refractivity contribution >= 4 is 23.6 Å². The highest BCUT2D eigenvalue weighted by Crippen LogP contribution is 2.21. The highest BCUT2D eigenvalue weighted by molar-refractivity contribution is 8.00. The number of nitrogens with one attached hydrogen (secondary N) is 1. The summed E-state index contributed by atoms with van der Waals surface area (Å²) >= 11 is 1.51. The second-order valence-corrected chi connectivity index (χ2v) is 8.90. The van der Waals surface area contributed by atoms with Crippen molar-refractivity contribution in [2.75, 3.05) is 5.75 Å². The van der Waals surface area contributed by atoms with Gasteiger partial charge < -0.3 is 10.2 Å². The van der Waals surface area contributed by atoms with E-state index in [0.29, 0.717) is 18.7 Å². The van der Waals surface area contributed by atoms with Gasteiger partial charge in [-0.1, -0.05) is 61.4 Å². The van der Waals surface area contributed by atoms with Gasteiger partial charge in [-0.3, -0.25) is 9.59 Å². The van der Waals surface area contributed by atoms with Crippen molar-refractivity contribution in [3.63, 3.8) is 0 Å². The maximum Gasteiger partial charge on any atom is 0.243 e. The fourth-order valence-corrected chi connectivity index (χ4v) is 4.01. The van der Waals surface area contributed by atoms with E-state index >= 15 is 0 Å². The van der Waals surface area contributed by atoms with Gasteiger partial charge in [0.1, 0.15) is 6.04 Å². The fourth-order valence-electron chi connectivity index (χ4n) is 3.23. The van der Waals surface area contributed by atoms with Crippen LogP contribution >= 0.6 is 11.8 Å². The molecule has 2 amide bonds. The molecule has 2 aromatic carbocycles. The van der Waals surface area contributed by atoms with E-state index in [-0.39, 0.29) is 17.9 Å². The number of nitrogens with zero attached hydrogens (tertiary/aromatic N) is 1. The zero-order chi connectivity index (χ0) is 22.1. The lowest BCUT2D eigenvalue weighted by molar-refractivity contribution is -0.139. The zero-order valence-electron chi connectivity index (χ0n) is 18.8. The van der Waals surface area contributed by atoms with Crippen LogP contribution in [0.15, 0.2) is 53.4 Å². The lowest BCUT2D eigenvalue weighted by Gasteiger charge is -2.31. The van der Waals surface area contributed by atoms with Gasteiger partial charge in [0, 0.05) is 17.5 Å². The highest BCUT2D eigenvalue weighted by atomic mass is 32.2. The summed E-state index contributed by atoms with van der Waals surface area (Å²) < 4.78 is 0. The summed E-state index contributed by atoms with van der Waals surface area (Å²) in [5.74, 6) is 0.212. The van der Waals surface area contributed by atoms with Crippen LogP contribution < -0.4 is 5.32 Å². The molecule has 162 valence electrons. The molecule has 0 aliphatic rings. The van der Waals surface area contributed by atoms with E-state index in [9.17, 15) is 9.59 Å². The van der Waals surface area contributed by atoms with Crippen LogP contribution in [0.4, 0.5) is 0 Å². The Kier molecular flexibility index (Phi) is 9.44. The van der Waals surface area contributed by atoms with Crippen LogP contribution in [-0.2, 0) is 16.1 Å². The van der Waals surface area contributed by atoms with Crippen molar-refractivity contribution in [2.45, 2.75) is 71.0 Å². The standard InChI is InChI=1S/C25H34N2O2S/c1-6-20(5)26-25(29)23(7-2)27(16-21-10-8-9-19(4)15-21)24(28)17-30-22-13-11-18(3)12-14-22/h8-15,20,23H,6-7,16-17H2,1-5H3,(H,26,29)/t20-,23-/m0/s1. The van der Waals surface area contributed by atoms with Crippen molar-refractivity contribution in [2.24, 2.45) is 0 Å². The molecule has 0 bridgehead atoms. The Hall–Kier alpha value is -2.27. The predicted octanol–water partition coefficient (Wildman–Crippen LogP) is 5.12. The smallest absolute Gasteiger partial charge is 0.243 e. The van der Waals surface area contributed by atoms with E-state index in [1.54, 1.807) is 4.90 Å². The zero-order valence-corrected chi connectivity index (χ0v) is 19.6. The van der Waals surface area contributed by atoms with Crippen LogP contribution in [0.25, 0.3) is 0 Å². The van der Waals surface area contributed by atoms with Gasteiger partial charge in [0.2, 0.25) is 11.8 Å². The molecule has 0 aliphatic carbocycles. The third kappa shape index (κ3) is 7.21. The van der Waals surface area contributed by atoms with Crippen molar-refractivity contribution in [3.05, 3.63) is 65.2 Å². The summed E-state index contributed by atoms with van der Waals surface area (Å²) in [6, 6.07) is 15.9. The van der Waals surface area contributed by atoms with Crippen LogP contribution in [0.2, 0.25) is 0 Å². The van der Waals surface area contributed by atoms with Crippen LogP contribution in [0.5, 0.6) is 0 Å². The molecule has 0 aliphatic heterocycles. The number of hydrogen-bond donors (Lipinski definition) is 1. The summed E-state index contributed by atoms with van der Waals surface area (Å²) in [4.78, 5) is 29.0. The SMILES string of the molecule is CC[C@H](C)NC(=O)[C@H](CC)N(Cc1cccc(C)c1)C(=O)CSc1ccc(C)cc1. The Labute approximate surface area is 185 Å². The molecule has 2 aromatic rings. The van der Waals surface area contributed by atoms with Gasteiger partial charge in [0.15, 0.2) is 0 Å². The van der Waals surface area contributed by atoms with E-state index in [2.05, 4.69) is 11.4 Å². The summed E-state index contributed by atoms with van der Waals surface area (Å²) in [7, 11) is 0. The Bertz CT molecular complexity index is 835. The lowest BCUT2D eigenvalue weighted by atomic mass is 10.1. The molecule has 2 atom stereocenters. The Morgan fingerprint density at radius 3 is 2.30 bits per heavy atom. The molecular formula is C25H34N2O2S. The molecular weight excluding hydrogens is 392 g/mol. The molecule has 0 saturated carbocycles. The maximum atomic E-state index is 13.3. The first-order valence-electron chi connectivity index (χ1n) is 10.7. The predicted molar refractivity (Wildman–Crippen MR) is 126 cm³/mol. The molecule has 0 fully saturated rings. The van der Waals surface area contributed by atoms with Gasteiger partial charge in [-0.15, -0.1) is 11.8 Å². The molecule has 0 heterocycles. The second kappa shape index (κ2) is 11.8.